The molecule has 6 heteroatoms. The second kappa shape index (κ2) is 4.44. The van der Waals surface area contributed by atoms with Gasteiger partial charge in [-0.25, -0.2) is 0 Å². The predicted molar refractivity (Wildman–Crippen MR) is 60.0 cm³/mol. The molecule has 0 spiro atoms. The first-order valence-corrected chi connectivity index (χ1v) is 5.84. The molecule has 1 saturated heterocycles. The minimum absolute atomic E-state index is 0.118. The molecular formula is C11H17N3O3. The number of carbonyl (C=O) groups is 3. The molecule has 2 fully saturated rings. The Bertz CT molecular complexity index is 365. The van der Waals surface area contributed by atoms with Crippen molar-refractivity contribution in [2.75, 3.05) is 20.1 Å². The highest BCUT2D eigenvalue weighted by atomic mass is 16.2. The van der Waals surface area contributed by atoms with E-state index >= 15 is 0 Å². The van der Waals surface area contributed by atoms with E-state index in [9.17, 15) is 14.4 Å². The molecule has 2 aliphatic rings. The molecule has 2 rings (SSSR count). The summed E-state index contributed by atoms with van der Waals surface area (Å²) in [4.78, 5) is 37.9. The third kappa shape index (κ3) is 2.46. The molecule has 1 aliphatic heterocycles. The first kappa shape index (κ1) is 12.0. The maximum Gasteiger partial charge on any atom is 0.246 e. The van der Waals surface area contributed by atoms with Gasteiger partial charge in [0, 0.05) is 13.1 Å². The zero-order valence-electron chi connectivity index (χ0n) is 10.1. The van der Waals surface area contributed by atoms with Gasteiger partial charge in [0.05, 0.1) is 12.6 Å². The first-order valence-electron chi connectivity index (χ1n) is 5.84. The molecule has 94 valence electrons. The predicted octanol–water partition coefficient (Wildman–Crippen LogP) is -1.05. The van der Waals surface area contributed by atoms with Crippen LogP contribution in [-0.4, -0.2) is 59.7 Å². The van der Waals surface area contributed by atoms with Crippen LogP contribution in [0, 0.1) is 0 Å². The quantitative estimate of drug-likeness (QED) is 0.638. The second-order valence-electron chi connectivity index (χ2n) is 4.66. The second-order valence-corrected chi connectivity index (χ2v) is 4.66. The summed E-state index contributed by atoms with van der Waals surface area (Å²) in [5.74, 6) is -0.812. The van der Waals surface area contributed by atoms with Crippen molar-refractivity contribution in [1.82, 2.24) is 15.1 Å². The molecule has 0 radical (unpaired) electrons. The van der Waals surface area contributed by atoms with E-state index in [1.807, 2.05) is 0 Å². The van der Waals surface area contributed by atoms with Crippen LogP contribution in [0.25, 0.3) is 0 Å². The van der Waals surface area contributed by atoms with E-state index in [0.29, 0.717) is 6.04 Å². The van der Waals surface area contributed by atoms with Gasteiger partial charge < -0.3 is 4.90 Å². The fourth-order valence-corrected chi connectivity index (χ4v) is 1.86. The van der Waals surface area contributed by atoms with Crippen LogP contribution in [0.2, 0.25) is 0 Å². The topological polar surface area (TPSA) is 69.7 Å². The lowest BCUT2D eigenvalue weighted by atomic mass is 10.2. The Hall–Kier alpha value is -1.43. The molecule has 1 N–H and O–H groups in total. The summed E-state index contributed by atoms with van der Waals surface area (Å²) in [5.41, 5.74) is 0. The van der Waals surface area contributed by atoms with E-state index in [1.165, 1.54) is 0 Å². The van der Waals surface area contributed by atoms with Gasteiger partial charge in [0.15, 0.2) is 0 Å². The van der Waals surface area contributed by atoms with Gasteiger partial charge >= 0.3 is 0 Å². The molecule has 1 heterocycles. The summed E-state index contributed by atoms with van der Waals surface area (Å²) in [7, 11) is 1.72. The monoisotopic (exact) mass is 239 g/mol. The standard InChI is InChI=1S/C11H17N3O3/c1-7-11(17)14(9(15)5-12-7)6-10(16)13(2)8-3-4-8/h7-8,12H,3-6H2,1-2H3. The van der Waals surface area contributed by atoms with Crippen molar-refractivity contribution in [2.45, 2.75) is 31.8 Å². The molecule has 1 aliphatic carbocycles. The molecule has 1 saturated carbocycles. The van der Waals surface area contributed by atoms with Crippen LogP contribution in [0.5, 0.6) is 0 Å². The maximum absolute atomic E-state index is 11.8. The molecule has 0 bridgehead atoms. The third-order valence-corrected chi connectivity index (χ3v) is 3.28. The number of likely N-dealkylation sites (N-methyl/N-ethyl adjacent to an activating group) is 1. The number of carbonyl (C=O) groups excluding carboxylic acids is 3. The molecule has 6 nitrogen and oxygen atoms in total. The van der Waals surface area contributed by atoms with E-state index in [-0.39, 0.29) is 30.8 Å². The van der Waals surface area contributed by atoms with Crippen molar-refractivity contribution in [2.24, 2.45) is 0 Å². The molecular weight excluding hydrogens is 222 g/mol. The minimum atomic E-state index is -0.397. The highest BCUT2D eigenvalue weighted by Gasteiger charge is 2.35. The van der Waals surface area contributed by atoms with Gasteiger partial charge in [0.1, 0.15) is 6.54 Å². The number of nitrogens with one attached hydrogen (secondary N) is 1. The molecule has 0 aromatic carbocycles. The number of nitrogens with zero attached hydrogens (tertiary/aromatic N) is 2. The Labute approximate surface area is 99.9 Å². The lowest BCUT2D eigenvalue weighted by Crippen LogP contribution is -2.59. The molecule has 17 heavy (non-hydrogen) atoms. The highest BCUT2D eigenvalue weighted by Crippen LogP contribution is 2.25. The van der Waals surface area contributed by atoms with E-state index in [1.54, 1.807) is 18.9 Å². The number of piperazine rings is 1. The van der Waals surface area contributed by atoms with Crippen molar-refractivity contribution in [3.05, 3.63) is 0 Å². The largest absolute Gasteiger partial charge is 0.341 e. The van der Waals surface area contributed by atoms with Gasteiger partial charge in [-0.1, -0.05) is 0 Å². The first-order chi connectivity index (χ1) is 8.00. The van der Waals surface area contributed by atoms with Crippen LogP contribution >= 0.6 is 0 Å². The summed E-state index contributed by atoms with van der Waals surface area (Å²) < 4.78 is 0. The Morgan fingerprint density at radius 2 is 2.12 bits per heavy atom. The lowest BCUT2D eigenvalue weighted by molar-refractivity contribution is -0.153. The molecule has 1 unspecified atom stereocenters. The Morgan fingerprint density at radius 1 is 1.47 bits per heavy atom. The van der Waals surface area contributed by atoms with E-state index in [0.717, 1.165) is 17.7 Å². The number of amides is 3. The number of rotatable bonds is 3. The van der Waals surface area contributed by atoms with Crippen LogP contribution in [0.3, 0.4) is 0 Å². The number of imide groups is 1. The summed E-state index contributed by atoms with van der Waals surface area (Å²) in [6.07, 6.45) is 2.03. The van der Waals surface area contributed by atoms with Crippen LogP contribution < -0.4 is 5.32 Å². The minimum Gasteiger partial charge on any atom is -0.341 e. The van der Waals surface area contributed by atoms with Gasteiger partial charge in [0.25, 0.3) is 0 Å². The van der Waals surface area contributed by atoms with E-state index in [4.69, 9.17) is 0 Å². The van der Waals surface area contributed by atoms with Crippen LogP contribution in [0.4, 0.5) is 0 Å². The normalized spacial score (nSPS) is 25.1. The van der Waals surface area contributed by atoms with Crippen molar-refractivity contribution in [3.8, 4) is 0 Å². The summed E-state index contributed by atoms with van der Waals surface area (Å²) in [6, 6.07) is -0.0974. The fraction of sp³-hybridized carbons (Fsp3) is 0.727. The van der Waals surface area contributed by atoms with E-state index < -0.39 is 6.04 Å². The lowest BCUT2D eigenvalue weighted by Gasteiger charge is -2.30. The van der Waals surface area contributed by atoms with Crippen molar-refractivity contribution in [3.63, 3.8) is 0 Å². The van der Waals surface area contributed by atoms with Crippen molar-refractivity contribution < 1.29 is 14.4 Å². The van der Waals surface area contributed by atoms with Gasteiger partial charge in [-0.3, -0.25) is 24.6 Å². The van der Waals surface area contributed by atoms with Gasteiger partial charge in [-0.15, -0.1) is 0 Å². The Balaban J connectivity index is 1.98. The summed E-state index contributed by atoms with van der Waals surface area (Å²) >= 11 is 0. The smallest absolute Gasteiger partial charge is 0.246 e. The van der Waals surface area contributed by atoms with Gasteiger partial charge in [-0.05, 0) is 19.8 Å². The zero-order valence-corrected chi connectivity index (χ0v) is 10.1. The van der Waals surface area contributed by atoms with Crippen molar-refractivity contribution >= 4 is 17.7 Å². The molecule has 3 amide bonds. The van der Waals surface area contributed by atoms with Crippen LogP contribution in [-0.2, 0) is 14.4 Å². The summed E-state index contributed by atoms with van der Waals surface area (Å²) in [5, 5.41) is 2.78. The zero-order chi connectivity index (χ0) is 12.6. The van der Waals surface area contributed by atoms with Crippen LogP contribution in [0.1, 0.15) is 19.8 Å². The SMILES string of the molecule is CC1NCC(=O)N(CC(=O)N(C)C2CC2)C1=O. The number of hydrogen-bond acceptors (Lipinski definition) is 4. The average molecular weight is 239 g/mol. The molecule has 0 aromatic heterocycles. The highest BCUT2D eigenvalue weighted by molar-refractivity contribution is 6.03. The van der Waals surface area contributed by atoms with Crippen LogP contribution in [0.15, 0.2) is 0 Å². The number of hydrogen-bond donors (Lipinski definition) is 1. The average Bonchev–Trinajstić information content (AvgIpc) is 3.12. The molecule has 0 aromatic rings. The molecule has 1 atom stereocenters. The maximum atomic E-state index is 11.8. The third-order valence-electron chi connectivity index (χ3n) is 3.28. The van der Waals surface area contributed by atoms with Gasteiger partial charge in [0.2, 0.25) is 17.7 Å². The Kier molecular flexibility index (Phi) is 3.15. The fourth-order valence-electron chi connectivity index (χ4n) is 1.86. The summed E-state index contributed by atoms with van der Waals surface area (Å²) in [6.45, 7) is 1.68. The Morgan fingerprint density at radius 3 is 2.71 bits per heavy atom. The van der Waals surface area contributed by atoms with E-state index in [2.05, 4.69) is 5.32 Å². The van der Waals surface area contributed by atoms with Gasteiger partial charge in [-0.2, -0.15) is 0 Å². The van der Waals surface area contributed by atoms with Crippen molar-refractivity contribution in [1.29, 1.82) is 0 Å².